The van der Waals surface area contributed by atoms with Crippen LogP contribution in [-0.2, 0) is 4.79 Å². The highest BCUT2D eigenvalue weighted by atomic mass is 32.1. The molecule has 1 aromatic carbocycles. The summed E-state index contributed by atoms with van der Waals surface area (Å²) in [6.45, 7) is 11.2. The largest absolute Gasteiger partial charge is 0.360 e. The number of amides is 1. The fraction of sp³-hybridized carbons (Fsp3) is 0.500. The summed E-state index contributed by atoms with van der Waals surface area (Å²) in [4.78, 5) is 19.1. The zero-order valence-electron chi connectivity index (χ0n) is 19.8. The molecule has 3 rings (SSSR count). The highest BCUT2D eigenvalue weighted by Gasteiger charge is 2.24. The normalized spacial score (nSPS) is 14.4. The van der Waals surface area contributed by atoms with Crippen LogP contribution in [0.3, 0.4) is 0 Å². The van der Waals surface area contributed by atoms with Crippen LogP contribution in [0.4, 0.5) is 10.2 Å². The number of benzene rings is 1. The number of anilines is 1. The Balaban J connectivity index is 1.59. The van der Waals surface area contributed by atoms with E-state index in [0.717, 1.165) is 24.3 Å². The van der Waals surface area contributed by atoms with Crippen LogP contribution >= 0.6 is 12.2 Å². The number of halogens is 1. The number of hydrogen-bond donors (Lipinski definition) is 1. The van der Waals surface area contributed by atoms with Crippen molar-refractivity contribution in [3.05, 3.63) is 42.2 Å². The van der Waals surface area contributed by atoms with Crippen LogP contribution in [0, 0.1) is 5.82 Å². The second-order valence-corrected chi connectivity index (χ2v) is 9.22. The number of nitrogens with zero attached hydrogens (tertiary/aromatic N) is 5. The molecule has 1 N–H and O–H groups in total. The number of carbonyl (C=O) groups excluding carboxylic acids is 1. The van der Waals surface area contributed by atoms with Gasteiger partial charge >= 0.3 is 0 Å². The molecule has 0 saturated carbocycles. The smallest absolute Gasteiger partial charge is 0.242 e. The molecule has 0 spiro atoms. The van der Waals surface area contributed by atoms with Crippen LogP contribution in [0.1, 0.15) is 34.1 Å². The number of rotatable bonds is 6. The summed E-state index contributed by atoms with van der Waals surface area (Å²) in [7, 11) is 0. The van der Waals surface area contributed by atoms with Crippen LogP contribution in [-0.4, -0.2) is 75.8 Å². The summed E-state index contributed by atoms with van der Waals surface area (Å²) < 4.78 is 13.2. The quantitative estimate of drug-likeness (QED) is 0.647. The summed E-state index contributed by atoms with van der Waals surface area (Å²) in [5.41, 5.74) is 1.52. The van der Waals surface area contributed by atoms with Gasteiger partial charge in [-0.05, 0) is 82.7 Å². The van der Waals surface area contributed by atoms with Gasteiger partial charge in [0, 0.05) is 43.8 Å². The number of nitrogens with one attached hydrogen (secondary N) is 1. The summed E-state index contributed by atoms with van der Waals surface area (Å²) in [6.07, 6.45) is 0.851. The second-order valence-electron chi connectivity index (χ2n) is 8.83. The lowest BCUT2D eigenvalue weighted by atomic mass is 10.1. The Morgan fingerprint density at radius 1 is 1.06 bits per heavy atom. The Hall–Kier alpha value is -2.81. The van der Waals surface area contributed by atoms with Crippen molar-refractivity contribution in [2.24, 2.45) is 0 Å². The predicted octanol–water partition coefficient (Wildman–Crippen LogP) is 3.31. The average molecular weight is 473 g/mol. The van der Waals surface area contributed by atoms with Crippen LogP contribution in [0.2, 0.25) is 0 Å². The minimum atomic E-state index is -0.276. The van der Waals surface area contributed by atoms with Gasteiger partial charge in [0.2, 0.25) is 5.91 Å². The number of aromatic nitrogens is 2. The Morgan fingerprint density at radius 3 is 2.39 bits per heavy atom. The lowest BCUT2D eigenvalue weighted by Crippen LogP contribution is -2.51. The monoisotopic (exact) mass is 472 g/mol. The molecular weight excluding hydrogens is 439 g/mol. The molecule has 9 heteroatoms. The zero-order chi connectivity index (χ0) is 24.0. The topological polar surface area (TPSA) is 64.6 Å². The lowest BCUT2D eigenvalue weighted by Gasteiger charge is -2.32. The minimum absolute atomic E-state index is 0.0798. The summed E-state index contributed by atoms with van der Waals surface area (Å²) in [5, 5.41) is 12.5. The van der Waals surface area contributed by atoms with Gasteiger partial charge in [-0.2, -0.15) is 0 Å². The molecule has 178 valence electrons. The third kappa shape index (κ3) is 6.83. The van der Waals surface area contributed by atoms with Crippen LogP contribution in [0.5, 0.6) is 0 Å². The van der Waals surface area contributed by atoms with E-state index in [2.05, 4.69) is 20.4 Å². The summed E-state index contributed by atoms with van der Waals surface area (Å²) in [5.74, 6) is 0.582. The predicted molar refractivity (Wildman–Crippen MR) is 134 cm³/mol. The van der Waals surface area contributed by atoms with Gasteiger partial charge in [0.05, 0.1) is 12.2 Å². The van der Waals surface area contributed by atoms with E-state index >= 15 is 0 Å². The molecule has 1 saturated heterocycles. The van der Waals surface area contributed by atoms with Crippen LogP contribution in [0.25, 0.3) is 11.3 Å². The van der Waals surface area contributed by atoms with E-state index in [-0.39, 0.29) is 30.4 Å². The highest BCUT2D eigenvalue weighted by Crippen LogP contribution is 2.20. The summed E-state index contributed by atoms with van der Waals surface area (Å²) in [6, 6.07) is 10.4. The molecule has 1 fully saturated rings. The van der Waals surface area contributed by atoms with Crippen LogP contribution < -0.4 is 10.2 Å². The van der Waals surface area contributed by atoms with E-state index in [9.17, 15) is 9.18 Å². The first kappa shape index (κ1) is 24.8. The molecule has 0 radical (unpaired) electrons. The third-order valence-corrected chi connectivity index (χ3v) is 5.92. The van der Waals surface area contributed by atoms with Crippen LogP contribution in [0.15, 0.2) is 36.4 Å². The van der Waals surface area contributed by atoms with Gasteiger partial charge in [-0.1, -0.05) is 0 Å². The van der Waals surface area contributed by atoms with Gasteiger partial charge in [-0.25, -0.2) is 4.39 Å². The van der Waals surface area contributed by atoms with Gasteiger partial charge < -0.3 is 20.0 Å². The van der Waals surface area contributed by atoms with Crippen molar-refractivity contribution >= 4 is 29.1 Å². The fourth-order valence-corrected chi connectivity index (χ4v) is 4.24. The maximum absolute atomic E-state index is 13.2. The molecule has 33 heavy (non-hydrogen) atoms. The zero-order valence-corrected chi connectivity index (χ0v) is 20.6. The first-order valence-electron chi connectivity index (χ1n) is 11.4. The molecule has 1 aliphatic heterocycles. The van der Waals surface area contributed by atoms with Gasteiger partial charge in [-0.15, -0.1) is 10.2 Å². The van der Waals surface area contributed by atoms with E-state index in [1.54, 1.807) is 12.1 Å². The minimum Gasteiger partial charge on any atom is -0.360 e. The van der Waals surface area contributed by atoms with E-state index < -0.39 is 0 Å². The first-order chi connectivity index (χ1) is 15.7. The molecule has 1 amide bonds. The molecule has 0 atom stereocenters. The standard InChI is InChI=1S/C24H33FN6OS/c1-17(2)26-24(33)31(18(3)4)16-23(32)30-13-5-12-29(14-15-30)22-11-10-21(27-28-22)19-6-8-20(25)9-7-19/h6-11,17-18H,5,12-16H2,1-4H3,(H,26,33). The average Bonchev–Trinajstić information content (AvgIpc) is 3.04. The van der Waals surface area contributed by atoms with E-state index in [1.165, 1.54) is 12.1 Å². The van der Waals surface area contributed by atoms with Gasteiger partial charge in [0.25, 0.3) is 0 Å². The second kappa shape index (κ2) is 11.4. The van der Waals surface area contributed by atoms with E-state index in [4.69, 9.17) is 12.2 Å². The molecule has 0 aliphatic carbocycles. The molecule has 0 unspecified atom stereocenters. The van der Waals surface area contributed by atoms with Gasteiger partial charge in [-0.3, -0.25) is 4.79 Å². The molecule has 2 aromatic rings. The molecule has 0 bridgehead atoms. The van der Waals surface area contributed by atoms with Crippen molar-refractivity contribution in [1.29, 1.82) is 0 Å². The Kier molecular flexibility index (Phi) is 8.55. The van der Waals surface area contributed by atoms with Crippen molar-refractivity contribution in [3.8, 4) is 11.3 Å². The van der Waals surface area contributed by atoms with Crippen molar-refractivity contribution < 1.29 is 9.18 Å². The van der Waals surface area contributed by atoms with Gasteiger partial charge in [0.15, 0.2) is 10.9 Å². The van der Waals surface area contributed by atoms with Gasteiger partial charge in [0.1, 0.15) is 5.82 Å². The van der Waals surface area contributed by atoms with E-state index in [0.29, 0.717) is 30.4 Å². The number of hydrogen-bond acceptors (Lipinski definition) is 5. The Morgan fingerprint density at radius 2 is 1.79 bits per heavy atom. The maximum Gasteiger partial charge on any atom is 0.242 e. The van der Waals surface area contributed by atoms with Crippen molar-refractivity contribution in [1.82, 2.24) is 25.3 Å². The maximum atomic E-state index is 13.2. The highest BCUT2D eigenvalue weighted by molar-refractivity contribution is 7.80. The molecular formula is C24H33FN6OS. The number of carbonyl (C=O) groups is 1. The van der Waals surface area contributed by atoms with E-state index in [1.807, 2.05) is 49.6 Å². The SMILES string of the molecule is CC(C)NC(=S)N(CC(=O)N1CCCN(c2ccc(-c3ccc(F)cc3)nn2)CC1)C(C)C. The Bertz CT molecular complexity index is 935. The first-order valence-corrected chi connectivity index (χ1v) is 11.8. The number of thiocarbonyl (C=S) groups is 1. The molecule has 2 heterocycles. The molecule has 1 aliphatic rings. The van der Waals surface area contributed by atoms with Crippen molar-refractivity contribution in [3.63, 3.8) is 0 Å². The van der Waals surface area contributed by atoms with Crippen molar-refractivity contribution in [2.75, 3.05) is 37.6 Å². The van der Waals surface area contributed by atoms with Crippen molar-refractivity contribution in [2.45, 2.75) is 46.2 Å². The fourth-order valence-electron chi connectivity index (χ4n) is 3.73. The third-order valence-electron chi connectivity index (χ3n) is 5.57. The molecule has 1 aromatic heterocycles. The Labute approximate surface area is 201 Å². The molecule has 7 nitrogen and oxygen atoms in total. The lowest BCUT2D eigenvalue weighted by molar-refractivity contribution is -0.131. The summed E-state index contributed by atoms with van der Waals surface area (Å²) >= 11 is 5.51.